The number of nitrogens with zero attached hydrogens (tertiary/aromatic N) is 2. The van der Waals surface area contributed by atoms with Gasteiger partial charge >= 0.3 is 0 Å². The maximum absolute atomic E-state index is 12.4. The third-order valence-corrected chi connectivity index (χ3v) is 3.58. The van der Waals surface area contributed by atoms with Crippen LogP contribution in [0.5, 0.6) is 0 Å². The molecule has 6 heteroatoms. The van der Waals surface area contributed by atoms with Crippen LogP contribution < -0.4 is 5.32 Å². The molecule has 0 saturated carbocycles. The molecule has 0 saturated heterocycles. The Morgan fingerprint density at radius 2 is 2.10 bits per heavy atom. The Hall–Kier alpha value is -1.26. The Morgan fingerprint density at radius 3 is 2.67 bits per heavy atom. The number of amides is 1. The number of benzene rings is 1. The molecule has 1 amide bonds. The van der Waals surface area contributed by atoms with Gasteiger partial charge in [-0.05, 0) is 45.9 Å². The maximum Gasteiger partial charge on any atom is 0.243 e. The standard InChI is InChI=1S/C15H19Cl2N3O/c1-9(14(21)19-15(2,3)4)20-12-7-10(17)5-6-11(12)18-13(20)8-16/h5-7,9H,8H2,1-4H3,(H,19,21). The summed E-state index contributed by atoms with van der Waals surface area (Å²) < 4.78 is 1.84. The average molecular weight is 328 g/mol. The topological polar surface area (TPSA) is 46.9 Å². The first kappa shape index (κ1) is 16.1. The van der Waals surface area contributed by atoms with Crippen molar-refractivity contribution in [2.75, 3.05) is 0 Å². The van der Waals surface area contributed by atoms with Crippen LogP contribution in [0.4, 0.5) is 0 Å². The lowest BCUT2D eigenvalue weighted by Crippen LogP contribution is -2.44. The Labute approximate surface area is 134 Å². The summed E-state index contributed by atoms with van der Waals surface area (Å²) in [6, 6.07) is 5.00. The summed E-state index contributed by atoms with van der Waals surface area (Å²) in [6.07, 6.45) is 0. The van der Waals surface area contributed by atoms with Gasteiger partial charge in [-0.3, -0.25) is 4.79 Å². The Kier molecular flexibility index (Phi) is 4.49. The van der Waals surface area contributed by atoms with Gasteiger partial charge in [0.2, 0.25) is 5.91 Å². The number of halogens is 2. The highest BCUT2D eigenvalue weighted by atomic mass is 35.5. The van der Waals surface area contributed by atoms with Crippen LogP contribution in [0.25, 0.3) is 11.0 Å². The van der Waals surface area contributed by atoms with Gasteiger partial charge in [0.15, 0.2) is 0 Å². The normalized spacial score (nSPS) is 13.4. The molecule has 0 fully saturated rings. The van der Waals surface area contributed by atoms with E-state index in [1.165, 1.54) is 0 Å². The number of aromatic nitrogens is 2. The number of carbonyl (C=O) groups excluding carboxylic acids is 1. The summed E-state index contributed by atoms with van der Waals surface area (Å²) in [6.45, 7) is 7.67. The fourth-order valence-electron chi connectivity index (χ4n) is 2.23. The Balaban J connectivity index is 2.48. The van der Waals surface area contributed by atoms with Gasteiger partial charge in [-0.25, -0.2) is 4.98 Å². The van der Waals surface area contributed by atoms with Crippen LogP contribution in [-0.2, 0) is 10.7 Å². The number of carbonyl (C=O) groups is 1. The highest BCUT2D eigenvalue weighted by Gasteiger charge is 2.24. The fraction of sp³-hybridized carbons (Fsp3) is 0.467. The number of imidazole rings is 1. The molecule has 1 unspecified atom stereocenters. The summed E-state index contributed by atoms with van der Waals surface area (Å²) >= 11 is 12.0. The van der Waals surface area contributed by atoms with Crippen molar-refractivity contribution in [1.82, 2.24) is 14.9 Å². The first-order chi connectivity index (χ1) is 9.73. The van der Waals surface area contributed by atoms with Gasteiger partial charge in [-0.2, -0.15) is 0 Å². The van der Waals surface area contributed by atoms with Crippen molar-refractivity contribution in [3.8, 4) is 0 Å². The van der Waals surface area contributed by atoms with Crippen LogP contribution in [0.3, 0.4) is 0 Å². The third kappa shape index (κ3) is 3.50. The molecular weight excluding hydrogens is 309 g/mol. The molecule has 0 spiro atoms. The van der Waals surface area contributed by atoms with E-state index >= 15 is 0 Å². The molecule has 0 aliphatic rings. The van der Waals surface area contributed by atoms with Crippen molar-refractivity contribution >= 4 is 40.1 Å². The van der Waals surface area contributed by atoms with E-state index in [4.69, 9.17) is 23.2 Å². The monoisotopic (exact) mass is 327 g/mol. The minimum absolute atomic E-state index is 0.0758. The van der Waals surface area contributed by atoms with Crippen molar-refractivity contribution in [3.63, 3.8) is 0 Å². The highest BCUT2D eigenvalue weighted by Crippen LogP contribution is 2.25. The molecule has 0 aliphatic carbocycles. The average Bonchev–Trinajstić information content (AvgIpc) is 2.73. The van der Waals surface area contributed by atoms with Crippen molar-refractivity contribution in [1.29, 1.82) is 0 Å². The largest absolute Gasteiger partial charge is 0.350 e. The molecule has 1 N–H and O–H groups in total. The van der Waals surface area contributed by atoms with E-state index in [0.717, 1.165) is 11.0 Å². The summed E-state index contributed by atoms with van der Waals surface area (Å²) in [5.74, 6) is 0.818. The molecule has 0 aliphatic heterocycles. The fourth-order valence-corrected chi connectivity index (χ4v) is 2.59. The predicted octanol–water partition coefficient (Wildman–Crippen LogP) is 3.90. The first-order valence-electron chi connectivity index (χ1n) is 6.77. The van der Waals surface area contributed by atoms with E-state index < -0.39 is 6.04 Å². The molecule has 2 rings (SSSR count). The molecule has 21 heavy (non-hydrogen) atoms. The molecule has 0 radical (unpaired) electrons. The number of hydrogen-bond acceptors (Lipinski definition) is 2. The van der Waals surface area contributed by atoms with Crippen LogP contribution >= 0.6 is 23.2 Å². The molecule has 1 aromatic carbocycles. The highest BCUT2D eigenvalue weighted by molar-refractivity contribution is 6.31. The van der Waals surface area contributed by atoms with Gasteiger partial charge in [-0.1, -0.05) is 11.6 Å². The lowest BCUT2D eigenvalue weighted by molar-refractivity contribution is -0.125. The molecule has 1 heterocycles. The maximum atomic E-state index is 12.4. The molecule has 2 aromatic rings. The minimum atomic E-state index is -0.415. The van der Waals surface area contributed by atoms with Crippen LogP contribution in [0.2, 0.25) is 5.02 Å². The lowest BCUT2D eigenvalue weighted by atomic mass is 10.1. The van der Waals surface area contributed by atoms with Gasteiger partial charge in [-0.15, -0.1) is 11.6 Å². The summed E-state index contributed by atoms with van der Waals surface area (Å²) in [5, 5.41) is 3.58. The Morgan fingerprint density at radius 1 is 1.43 bits per heavy atom. The predicted molar refractivity (Wildman–Crippen MR) is 86.9 cm³/mol. The molecule has 1 aromatic heterocycles. The minimum Gasteiger partial charge on any atom is -0.350 e. The Bertz CT molecular complexity index is 673. The first-order valence-corrected chi connectivity index (χ1v) is 7.68. The zero-order valence-electron chi connectivity index (χ0n) is 12.6. The van der Waals surface area contributed by atoms with Crippen molar-refractivity contribution in [2.45, 2.75) is 45.2 Å². The second-order valence-electron chi connectivity index (χ2n) is 6.08. The van der Waals surface area contributed by atoms with E-state index in [1.54, 1.807) is 12.1 Å². The van der Waals surface area contributed by atoms with E-state index in [9.17, 15) is 4.79 Å². The van der Waals surface area contributed by atoms with Crippen molar-refractivity contribution < 1.29 is 4.79 Å². The van der Waals surface area contributed by atoms with E-state index in [0.29, 0.717) is 10.8 Å². The number of hydrogen-bond donors (Lipinski definition) is 1. The van der Waals surface area contributed by atoms with Gasteiger partial charge in [0, 0.05) is 10.6 Å². The molecule has 4 nitrogen and oxygen atoms in total. The van der Waals surface area contributed by atoms with Gasteiger partial charge in [0.05, 0.1) is 16.9 Å². The molecule has 1 atom stereocenters. The van der Waals surface area contributed by atoms with Crippen LogP contribution in [0.15, 0.2) is 18.2 Å². The smallest absolute Gasteiger partial charge is 0.243 e. The zero-order valence-corrected chi connectivity index (χ0v) is 14.1. The third-order valence-electron chi connectivity index (χ3n) is 3.11. The number of fused-ring (bicyclic) bond motifs is 1. The van der Waals surface area contributed by atoms with Gasteiger partial charge in [0.25, 0.3) is 0 Å². The number of alkyl halides is 1. The lowest BCUT2D eigenvalue weighted by Gasteiger charge is -2.24. The van der Waals surface area contributed by atoms with Crippen LogP contribution in [0, 0.1) is 0 Å². The zero-order chi connectivity index (χ0) is 15.8. The van der Waals surface area contributed by atoms with E-state index in [1.807, 2.05) is 38.3 Å². The van der Waals surface area contributed by atoms with E-state index in [-0.39, 0.29) is 17.3 Å². The number of rotatable bonds is 3. The van der Waals surface area contributed by atoms with Crippen LogP contribution in [-0.4, -0.2) is 21.0 Å². The van der Waals surface area contributed by atoms with Crippen LogP contribution in [0.1, 0.15) is 39.6 Å². The summed E-state index contributed by atoms with van der Waals surface area (Å²) in [4.78, 5) is 16.9. The SMILES string of the molecule is CC(C(=O)NC(C)(C)C)n1c(CCl)nc2ccc(Cl)cc21. The van der Waals surface area contributed by atoms with Gasteiger partial charge < -0.3 is 9.88 Å². The number of nitrogens with one attached hydrogen (secondary N) is 1. The van der Waals surface area contributed by atoms with Gasteiger partial charge in [0.1, 0.15) is 11.9 Å². The van der Waals surface area contributed by atoms with Crippen molar-refractivity contribution in [2.24, 2.45) is 0 Å². The van der Waals surface area contributed by atoms with E-state index in [2.05, 4.69) is 10.3 Å². The molecule has 0 bridgehead atoms. The molecule has 114 valence electrons. The summed E-state index contributed by atoms with van der Waals surface area (Å²) in [5.41, 5.74) is 1.31. The second kappa shape index (κ2) is 5.85. The quantitative estimate of drug-likeness (QED) is 0.869. The molecular formula is C15H19Cl2N3O. The van der Waals surface area contributed by atoms with Crippen molar-refractivity contribution in [3.05, 3.63) is 29.0 Å². The summed E-state index contributed by atoms with van der Waals surface area (Å²) in [7, 11) is 0. The second-order valence-corrected chi connectivity index (χ2v) is 6.78.